The third-order valence-electron chi connectivity index (χ3n) is 4.53. The van der Waals surface area contributed by atoms with Gasteiger partial charge in [-0.3, -0.25) is 9.10 Å². The number of benzene rings is 3. The molecule has 0 saturated heterocycles. The second-order valence-electron chi connectivity index (χ2n) is 6.60. The molecule has 3 aromatic rings. The minimum absolute atomic E-state index is 0.181. The Labute approximate surface area is 182 Å². The molecular formula is C23H24N2O3S2. The Bertz CT molecular complexity index is 1070. The van der Waals surface area contributed by atoms with Crippen molar-refractivity contribution in [2.24, 2.45) is 0 Å². The Balaban J connectivity index is 1.63. The molecule has 0 bridgehead atoms. The quantitative estimate of drug-likeness (QED) is 0.507. The van der Waals surface area contributed by atoms with Crippen LogP contribution in [0.1, 0.15) is 15.9 Å². The van der Waals surface area contributed by atoms with Crippen LogP contribution in [0.3, 0.4) is 0 Å². The lowest BCUT2D eigenvalue weighted by Crippen LogP contribution is -2.31. The number of rotatable bonds is 9. The smallest absolute Gasteiger partial charge is 0.264 e. The summed E-state index contributed by atoms with van der Waals surface area (Å²) in [6.07, 6.45) is 0. The molecule has 156 valence electrons. The van der Waals surface area contributed by atoms with E-state index >= 15 is 0 Å². The number of amides is 1. The summed E-state index contributed by atoms with van der Waals surface area (Å²) in [5.74, 6) is 1.35. The molecule has 0 atom stereocenters. The maximum absolute atomic E-state index is 12.9. The maximum atomic E-state index is 12.9. The van der Waals surface area contributed by atoms with Crippen LogP contribution < -0.4 is 9.62 Å². The molecule has 30 heavy (non-hydrogen) atoms. The summed E-state index contributed by atoms with van der Waals surface area (Å²) in [6, 6.07) is 25.1. The van der Waals surface area contributed by atoms with E-state index in [2.05, 4.69) is 17.4 Å². The van der Waals surface area contributed by atoms with E-state index in [0.29, 0.717) is 17.8 Å². The number of para-hydroxylation sites is 1. The Morgan fingerprint density at radius 1 is 0.900 bits per heavy atom. The second-order valence-corrected chi connectivity index (χ2v) is 9.67. The van der Waals surface area contributed by atoms with E-state index in [9.17, 15) is 13.2 Å². The van der Waals surface area contributed by atoms with E-state index in [1.54, 1.807) is 66.4 Å². The van der Waals surface area contributed by atoms with Crippen LogP contribution in [-0.4, -0.2) is 33.7 Å². The van der Waals surface area contributed by atoms with Crippen LogP contribution in [-0.2, 0) is 15.8 Å². The van der Waals surface area contributed by atoms with Crippen LogP contribution in [0.5, 0.6) is 0 Å². The predicted molar refractivity (Wildman–Crippen MR) is 123 cm³/mol. The molecular weight excluding hydrogens is 416 g/mol. The zero-order chi connectivity index (χ0) is 21.4. The highest BCUT2D eigenvalue weighted by molar-refractivity contribution is 7.98. The van der Waals surface area contributed by atoms with Gasteiger partial charge >= 0.3 is 0 Å². The summed E-state index contributed by atoms with van der Waals surface area (Å²) in [4.78, 5) is 12.9. The number of anilines is 1. The van der Waals surface area contributed by atoms with E-state index in [0.717, 1.165) is 15.8 Å². The van der Waals surface area contributed by atoms with Crippen LogP contribution in [0.2, 0.25) is 0 Å². The Kier molecular flexibility index (Phi) is 7.54. The fraction of sp³-hybridized carbons (Fsp3) is 0.174. The third kappa shape index (κ3) is 5.43. The number of sulfonamides is 1. The van der Waals surface area contributed by atoms with E-state index < -0.39 is 10.0 Å². The molecule has 0 aromatic heterocycles. The average molecular weight is 441 g/mol. The topological polar surface area (TPSA) is 66.5 Å². The summed E-state index contributed by atoms with van der Waals surface area (Å²) in [6.45, 7) is 0.500. The van der Waals surface area contributed by atoms with Gasteiger partial charge in [0.1, 0.15) is 0 Å². The van der Waals surface area contributed by atoms with Gasteiger partial charge in [0.05, 0.1) is 16.1 Å². The van der Waals surface area contributed by atoms with Gasteiger partial charge in [-0.15, -0.1) is 0 Å². The number of thioether (sulfide) groups is 1. The molecule has 7 heteroatoms. The molecule has 3 rings (SSSR count). The predicted octanol–water partition coefficient (Wildman–Crippen LogP) is 4.17. The van der Waals surface area contributed by atoms with Gasteiger partial charge in [-0.1, -0.05) is 60.7 Å². The molecule has 1 N–H and O–H groups in total. The first-order valence-electron chi connectivity index (χ1n) is 9.53. The summed E-state index contributed by atoms with van der Waals surface area (Å²) < 4.78 is 27.0. The number of hydrogen-bond donors (Lipinski definition) is 1. The van der Waals surface area contributed by atoms with E-state index in [-0.39, 0.29) is 10.8 Å². The number of hydrogen-bond acceptors (Lipinski definition) is 4. The highest BCUT2D eigenvalue weighted by Gasteiger charge is 2.24. The molecule has 0 aliphatic heterocycles. The van der Waals surface area contributed by atoms with Crippen molar-refractivity contribution in [3.8, 4) is 0 Å². The van der Waals surface area contributed by atoms with Crippen molar-refractivity contribution in [2.75, 3.05) is 23.7 Å². The standard InChI is InChI=1S/C23H24N2O3S2/c1-25(30(27,28)20-12-6-3-7-13-20)22-15-9-8-14-21(22)23(26)24-16-17-29-18-19-10-4-2-5-11-19/h2-15H,16-18H2,1H3,(H,24,26). The number of nitrogens with one attached hydrogen (secondary N) is 1. The molecule has 5 nitrogen and oxygen atoms in total. The van der Waals surface area contributed by atoms with Crippen molar-refractivity contribution in [1.82, 2.24) is 5.32 Å². The summed E-state index contributed by atoms with van der Waals surface area (Å²) in [5.41, 5.74) is 1.91. The molecule has 0 spiro atoms. The highest BCUT2D eigenvalue weighted by Crippen LogP contribution is 2.25. The summed E-state index contributed by atoms with van der Waals surface area (Å²) >= 11 is 1.73. The van der Waals surface area contributed by atoms with Crippen molar-refractivity contribution < 1.29 is 13.2 Å². The average Bonchev–Trinajstić information content (AvgIpc) is 2.79. The van der Waals surface area contributed by atoms with Gasteiger partial charge in [-0.25, -0.2) is 8.42 Å². The molecule has 0 unspecified atom stereocenters. The monoisotopic (exact) mass is 440 g/mol. The highest BCUT2D eigenvalue weighted by atomic mass is 32.2. The molecule has 0 aliphatic carbocycles. The largest absolute Gasteiger partial charge is 0.351 e. The summed E-state index contributed by atoms with van der Waals surface area (Å²) in [7, 11) is -2.30. The Hall–Kier alpha value is -2.77. The van der Waals surface area contributed by atoms with Gasteiger partial charge in [0.15, 0.2) is 0 Å². The van der Waals surface area contributed by atoms with Gasteiger partial charge in [0.2, 0.25) is 0 Å². The van der Waals surface area contributed by atoms with Gasteiger partial charge in [0.25, 0.3) is 15.9 Å². The molecule has 0 fully saturated rings. The van der Waals surface area contributed by atoms with Crippen LogP contribution in [0.15, 0.2) is 89.8 Å². The van der Waals surface area contributed by atoms with Gasteiger partial charge < -0.3 is 5.32 Å². The lowest BCUT2D eigenvalue weighted by Gasteiger charge is -2.22. The minimum Gasteiger partial charge on any atom is -0.351 e. The molecule has 1 amide bonds. The van der Waals surface area contributed by atoms with Crippen LogP contribution in [0, 0.1) is 0 Å². The van der Waals surface area contributed by atoms with E-state index in [1.807, 2.05) is 18.2 Å². The molecule has 0 radical (unpaired) electrons. The Morgan fingerprint density at radius 3 is 2.20 bits per heavy atom. The van der Waals surface area contributed by atoms with Crippen molar-refractivity contribution in [3.63, 3.8) is 0 Å². The number of carbonyl (C=O) groups is 1. The first kappa shape index (κ1) is 21.9. The van der Waals surface area contributed by atoms with Crippen molar-refractivity contribution in [2.45, 2.75) is 10.6 Å². The van der Waals surface area contributed by atoms with Crippen molar-refractivity contribution >= 4 is 33.4 Å². The van der Waals surface area contributed by atoms with Crippen LogP contribution in [0.25, 0.3) is 0 Å². The second kappa shape index (κ2) is 10.3. The molecule has 0 aliphatic rings. The van der Waals surface area contributed by atoms with E-state index in [1.165, 1.54) is 12.6 Å². The third-order valence-corrected chi connectivity index (χ3v) is 7.35. The van der Waals surface area contributed by atoms with Crippen LogP contribution >= 0.6 is 11.8 Å². The first-order valence-corrected chi connectivity index (χ1v) is 12.1. The van der Waals surface area contributed by atoms with Crippen molar-refractivity contribution in [1.29, 1.82) is 0 Å². The van der Waals surface area contributed by atoms with E-state index in [4.69, 9.17) is 0 Å². The fourth-order valence-electron chi connectivity index (χ4n) is 2.92. The number of carbonyl (C=O) groups excluding carboxylic acids is 1. The van der Waals surface area contributed by atoms with Crippen LogP contribution in [0.4, 0.5) is 5.69 Å². The lowest BCUT2D eigenvalue weighted by atomic mass is 10.1. The maximum Gasteiger partial charge on any atom is 0.264 e. The number of nitrogens with zero attached hydrogens (tertiary/aromatic N) is 1. The normalized spacial score (nSPS) is 11.1. The van der Waals surface area contributed by atoms with Gasteiger partial charge in [-0.2, -0.15) is 11.8 Å². The van der Waals surface area contributed by atoms with Gasteiger partial charge in [0, 0.05) is 25.1 Å². The van der Waals surface area contributed by atoms with Gasteiger partial charge in [-0.05, 0) is 29.8 Å². The Morgan fingerprint density at radius 2 is 1.50 bits per heavy atom. The molecule has 0 heterocycles. The fourth-order valence-corrected chi connectivity index (χ4v) is 4.97. The first-order chi connectivity index (χ1) is 14.5. The zero-order valence-electron chi connectivity index (χ0n) is 16.7. The zero-order valence-corrected chi connectivity index (χ0v) is 18.3. The lowest BCUT2D eigenvalue weighted by molar-refractivity contribution is 0.0957. The minimum atomic E-state index is -3.76. The summed E-state index contributed by atoms with van der Waals surface area (Å²) in [5, 5.41) is 2.89. The molecule has 0 saturated carbocycles. The molecule has 3 aromatic carbocycles. The van der Waals surface area contributed by atoms with Crippen molar-refractivity contribution in [3.05, 3.63) is 96.1 Å². The SMILES string of the molecule is CN(c1ccccc1C(=O)NCCSCc1ccccc1)S(=O)(=O)c1ccccc1.